The van der Waals surface area contributed by atoms with E-state index in [0.29, 0.717) is 5.92 Å². The van der Waals surface area contributed by atoms with E-state index in [0.717, 1.165) is 6.42 Å². The Morgan fingerprint density at radius 3 is 1.60 bits per heavy atom. The van der Waals surface area contributed by atoms with Crippen molar-refractivity contribution < 1.29 is 0 Å². The van der Waals surface area contributed by atoms with E-state index in [1.165, 1.54) is 92.5 Å². The van der Waals surface area contributed by atoms with Gasteiger partial charge in [0.15, 0.2) is 0 Å². The van der Waals surface area contributed by atoms with Crippen LogP contribution >= 0.6 is 0 Å². The molecule has 0 radical (unpaired) electrons. The SMILES string of the molecule is C1=CC[C@@H]2C(=C1)c1c(c3cccc4c3c3c1cccc3c1c3ccccc3c3ccccc3c41)-c1ccccc12. The molecule has 0 saturated carbocycles. The first-order chi connectivity index (χ1) is 19.9. The predicted octanol–water partition coefficient (Wildman–Crippen LogP) is 11.2. The normalized spacial score (nSPS) is 16.2. The minimum Gasteiger partial charge on any atom is -0.0836 e. The predicted molar refractivity (Wildman–Crippen MR) is 173 cm³/mol. The van der Waals surface area contributed by atoms with Crippen LogP contribution in [0.1, 0.15) is 23.5 Å². The smallest absolute Gasteiger partial charge is 0.0136 e. The van der Waals surface area contributed by atoms with Gasteiger partial charge in [-0.3, -0.25) is 0 Å². The molecule has 0 fully saturated rings. The van der Waals surface area contributed by atoms with Crippen LogP contribution in [0.4, 0.5) is 0 Å². The fraction of sp³-hybridized carbons (Fsp3) is 0.0500. The number of benzene rings is 8. The maximum atomic E-state index is 2.38. The van der Waals surface area contributed by atoms with E-state index in [2.05, 4.69) is 127 Å². The Hall–Kier alpha value is -4.94. The number of hydrogen-bond acceptors (Lipinski definition) is 0. The van der Waals surface area contributed by atoms with Crippen molar-refractivity contribution in [3.05, 3.63) is 139 Å². The first kappa shape index (κ1) is 21.0. The van der Waals surface area contributed by atoms with Crippen LogP contribution in [0, 0.1) is 0 Å². The maximum Gasteiger partial charge on any atom is 0.0136 e. The minimum absolute atomic E-state index is 0.404. The first-order valence-electron chi connectivity index (χ1n) is 14.3. The first-order valence-corrected chi connectivity index (χ1v) is 14.3. The average molecular weight is 505 g/mol. The second-order valence-corrected chi connectivity index (χ2v) is 11.5. The summed E-state index contributed by atoms with van der Waals surface area (Å²) < 4.78 is 0. The van der Waals surface area contributed by atoms with E-state index < -0.39 is 0 Å². The zero-order valence-corrected chi connectivity index (χ0v) is 21.9. The van der Waals surface area contributed by atoms with Crippen LogP contribution in [-0.2, 0) is 0 Å². The Kier molecular flexibility index (Phi) is 3.86. The van der Waals surface area contributed by atoms with Crippen LogP contribution in [0.3, 0.4) is 0 Å². The van der Waals surface area contributed by atoms with E-state index in [4.69, 9.17) is 0 Å². The van der Waals surface area contributed by atoms with Gasteiger partial charge >= 0.3 is 0 Å². The number of fused-ring (bicyclic) bond motifs is 16. The molecule has 1 atom stereocenters. The number of rotatable bonds is 0. The van der Waals surface area contributed by atoms with Crippen molar-refractivity contribution in [2.24, 2.45) is 0 Å². The van der Waals surface area contributed by atoms with Gasteiger partial charge in [0.2, 0.25) is 0 Å². The highest BCUT2D eigenvalue weighted by Gasteiger charge is 2.33. The summed E-state index contributed by atoms with van der Waals surface area (Å²) in [6, 6.07) is 41.2. The third-order valence-electron chi connectivity index (χ3n) is 9.69. The molecule has 8 aromatic carbocycles. The maximum absolute atomic E-state index is 2.38. The fourth-order valence-corrected chi connectivity index (χ4v) is 8.24. The van der Waals surface area contributed by atoms with Gasteiger partial charge < -0.3 is 0 Å². The van der Waals surface area contributed by atoms with E-state index in [1.807, 2.05) is 0 Å². The van der Waals surface area contributed by atoms with Crippen molar-refractivity contribution in [1.82, 2.24) is 0 Å². The summed E-state index contributed by atoms with van der Waals surface area (Å²) in [5.74, 6) is 0.404. The third kappa shape index (κ3) is 2.40. The molecule has 0 spiro atoms. The number of hydrogen-bond donors (Lipinski definition) is 0. The molecule has 184 valence electrons. The lowest BCUT2D eigenvalue weighted by Gasteiger charge is -2.34. The molecule has 10 rings (SSSR count). The Morgan fingerprint density at radius 2 is 0.925 bits per heavy atom. The van der Waals surface area contributed by atoms with Gasteiger partial charge in [0.05, 0.1) is 0 Å². The van der Waals surface area contributed by atoms with Gasteiger partial charge in [-0.05, 0) is 98.9 Å². The molecule has 0 unspecified atom stereocenters. The van der Waals surface area contributed by atoms with Crippen LogP contribution in [0.15, 0.2) is 127 Å². The lowest BCUT2D eigenvalue weighted by Crippen LogP contribution is -2.13. The molecule has 0 N–H and O–H groups in total. The van der Waals surface area contributed by atoms with Crippen molar-refractivity contribution in [2.75, 3.05) is 0 Å². The molecule has 8 aromatic rings. The van der Waals surface area contributed by atoms with Crippen molar-refractivity contribution in [3.63, 3.8) is 0 Å². The molecule has 0 nitrogen and oxygen atoms in total. The van der Waals surface area contributed by atoms with Gasteiger partial charge in [-0.2, -0.15) is 0 Å². The standard InChI is InChI=1S/C40H24/c1-5-15-27-23(11-1)24-12-2-6-16-28(24)36-32-20-10-22-34-38-30-18-8-4-14-26(30)25-13-3-7-17-29(25)37(38)33-21-9-19-31(35(27)36)39(33)40(32)34/h1-13,15-22,26H,14H2/t26-/m0/s1. The van der Waals surface area contributed by atoms with E-state index in [9.17, 15) is 0 Å². The van der Waals surface area contributed by atoms with Crippen LogP contribution in [-0.4, -0.2) is 0 Å². The van der Waals surface area contributed by atoms with E-state index in [-0.39, 0.29) is 0 Å². The highest BCUT2D eigenvalue weighted by atomic mass is 14.4. The highest BCUT2D eigenvalue weighted by molar-refractivity contribution is 6.44. The molecule has 40 heavy (non-hydrogen) atoms. The molecule has 2 aliphatic carbocycles. The zero-order chi connectivity index (χ0) is 25.9. The van der Waals surface area contributed by atoms with Crippen molar-refractivity contribution >= 4 is 70.2 Å². The molecule has 0 aromatic heterocycles. The third-order valence-corrected chi connectivity index (χ3v) is 9.69. The van der Waals surface area contributed by atoms with Crippen LogP contribution in [0.5, 0.6) is 0 Å². The van der Waals surface area contributed by atoms with Crippen molar-refractivity contribution in [3.8, 4) is 11.1 Å². The van der Waals surface area contributed by atoms with Crippen LogP contribution in [0.2, 0.25) is 0 Å². The zero-order valence-electron chi connectivity index (χ0n) is 21.9. The summed E-state index contributed by atoms with van der Waals surface area (Å²) in [6.45, 7) is 0. The monoisotopic (exact) mass is 504 g/mol. The number of allylic oxidation sites excluding steroid dienone is 4. The van der Waals surface area contributed by atoms with Crippen LogP contribution < -0.4 is 0 Å². The summed E-state index contributed by atoms with van der Waals surface area (Å²) in [5.41, 5.74) is 7.16. The quantitative estimate of drug-likeness (QED) is 0.142. The molecular formula is C40H24. The molecule has 0 saturated heterocycles. The Morgan fingerprint density at radius 1 is 0.425 bits per heavy atom. The lowest BCUT2D eigenvalue weighted by atomic mass is 9.69. The van der Waals surface area contributed by atoms with Gasteiger partial charge in [-0.25, -0.2) is 0 Å². The van der Waals surface area contributed by atoms with Crippen LogP contribution in [0.25, 0.3) is 81.3 Å². The van der Waals surface area contributed by atoms with Gasteiger partial charge in [0.1, 0.15) is 0 Å². The van der Waals surface area contributed by atoms with Crippen molar-refractivity contribution in [1.29, 1.82) is 0 Å². The summed E-state index contributed by atoms with van der Waals surface area (Å²) in [6.07, 6.45) is 8.04. The molecule has 0 heteroatoms. The van der Waals surface area contributed by atoms with Gasteiger partial charge in [-0.15, -0.1) is 0 Å². The Labute approximate surface area is 231 Å². The molecule has 0 bridgehead atoms. The van der Waals surface area contributed by atoms with E-state index in [1.54, 1.807) is 0 Å². The molecule has 0 aliphatic heterocycles. The molecule has 0 heterocycles. The summed E-state index contributed by atoms with van der Waals surface area (Å²) in [7, 11) is 0. The van der Waals surface area contributed by atoms with Gasteiger partial charge in [-0.1, -0.05) is 127 Å². The topological polar surface area (TPSA) is 0 Å². The molecular weight excluding hydrogens is 480 g/mol. The molecule has 2 aliphatic rings. The lowest BCUT2D eigenvalue weighted by molar-refractivity contribution is 0.870. The van der Waals surface area contributed by atoms with E-state index >= 15 is 0 Å². The Balaban J connectivity index is 1.57. The fourth-order valence-electron chi connectivity index (χ4n) is 8.24. The Bertz CT molecular complexity index is 2450. The average Bonchev–Trinajstić information content (AvgIpc) is 3.03. The minimum atomic E-state index is 0.404. The summed E-state index contributed by atoms with van der Waals surface area (Å²) in [5, 5.41) is 16.4. The highest BCUT2D eigenvalue weighted by Crippen LogP contribution is 2.56. The molecule has 0 amide bonds. The van der Waals surface area contributed by atoms with Gasteiger partial charge in [0.25, 0.3) is 0 Å². The van der Waals surface area contributed by atoms with Gasteiger partial charge in [0, 0.05) is 5.92 Å². The second-order valence-electron chi connectivity index (χ2n) is 11.5. The van der Waals surface area contributed by atoms with Crippen molar-refractivity contribution in [2.45, 2.75) is 12.3 Å². The summed E-state index contributed by atoms with van der Waals surface area (Å²) in [4.78, 5) is 0. The largest absolute Gasteiger partial charge is 0.0836 e. The second kappa shape index (κ2) is 7.37. The summed E-state index contributed by atoms with van der Waals surface area (Å²) >= 11 is 0.